The molecule has 0 aliphatic heterocycles. The van der Waals surface area contributed by atoms with Gasteiger partial charge in [0.05, 0.1) is 16.2 Å². The molecule has 0 rings (SSSR count). The Hall–Kier alpha value is 1.51. The Morgan fingerprint density at radius 2 is 1.29 bits per heavy atom. The number of hydrogen-bond acceptors (Lipinski definition) is 4. The van der Waals surface area contributed by atoms with Gasteiger partial charge in [-0.3, -0.25) is 0 Å². The fraction of sp³-hybridized carbons (Fsp3) is 1.00. The number of aliphatic hydroxyl groups excluding tert-OH is 1. The average molecular weight is 347 g/mol. The molecular formula is C15H31KO4S. The van der Waals surface area contributed by atoms with E-state index >= 15 is 0 Å². The summed E-state index contributed by atoms with van der Waals surface area (Å²) in [7, 11) is -4.12. The van der Waals surface area contributed by atoms with Crippen molar-refractivity contribution in [1.29, 1.82) is 0 Å². The SMILES string of the molecule is CCCCCCCCCCCC(O)CCCS(=O)(=O)[O-].[K+]. The third-order valence-electron chi connectivity index (χ3n) is 3.57. The summed E-state index contributed by atoms with van der Waals surface area (Å²) < 4.78 is 31.2. The van der Waals surface area contributed by atoms with Gasteiger partial charge in [-0.05, 0) is 19.3 Å². The quantitative estimate of drug-likeness (QED) is 0.284. The summed E-state index contributed by atoms with van der Waals surface area (Å²) in [5.41, 5.74) is 0. The molecule has 0 fully saturated rings. The molecule has 0 saturated carbocycles. The maximum Gasteiger partial charge on any atom is 1.00 e. The predicted octanol–water partition coefficient (Wildman–Crippen LogP) is 0.598. The zero-order valence-corrected chi connectivity index (χ0v) is 17.8. The van der Waals surface area contributed by atoms with Gasteiger partial charge in [0.25, 0.3) is 0 Å². The largest absolute Gasteiger partial charge is 1.00 e. The fourth-order valence-electron chi connectivity index (χ4n) is 2.33. The molecule has 0 bridgehead atoms. The second-order valence-electron chi connectivity index (χ2n) is 5.67. The molecule has 21 heavy (non-hydrogen) atoms. The molecule has 122 valence electrons. The minimum atomic E-state index is -4.12. The summed E-state index contributed by atoms with van der Waals surface area (Å²) in [4.78, 5) is 0. The monoisotopic (exact) mass is 346 g/mol. The van der Waals surface area contributed by atoms with Gasteiger partial charge in [0.2, 0.25) is 0 Å². The molecule has 1 unspecified atom stereocenters. The van der Waals surface area contributed by atoms with Crippen molar-refractivity contribution in [3.8, 4) is 0 Å². The summed E-state index contributed by atoms with van der Waals surface area (Å²) in [6, 6.07) is 0. The summed E-state index contributed by atoms with van der Waals surface area (Å²) in [5, 5.41) is 9.65. The van der Waals surface area contributed by atoms with Gasteiger partial charge in [-0.1, -0.05) is 64.7 Å². The first-order chi connectivity index (χ1) is 9.45. The van der Waals surface area contributed by atoms with Gasteiger partial charge in [0.15, 0.2) is 0 Å². The predicted molar refractivity (Wildman–Crippen MR) is 81.6 cm³/mol. The molecule has 0 amide bonds. The van der Waals surface area contributed by atoms with Gasteiger partial charge >= 0.3 is 51.4 Å². The number of aliphatic hydroxyl groups is 1. The molecule has 0 heterocycles. The second-order valence-corrected chi connectivity index (χ2v) is 7.20. The number of unbranched alkanes of at least 4 members (excludes halogenated alkanes) is 8. The van der Waals surface area contributed by atoms with Crippen molar-refractivity contribution >= 4 is 10.1 Å². The Labute approximate surface area is 173 Å². The third-order valence-corrected chi connectivity index (χ3v) is 4.36. The normalized spacial score (nSPS) is 12.9. The minimum absolute atomic E-state index is 0. The van der Waals surface area contributed by atoms with E-state index in [1.165, 1.54) is 44.9 Å². The molecule has 6 heteroatoms. The van der Waals surface area contributed by atoms with Crippen LogP contribution in [0.5, 0.6) is 0 Å². The van der Waals surface area contributed by atoms with Gasteiger partial charge in [-0.15, -0.1) is 0 Å². The van der Waals surface area contributed by atoms with E-state index in [9.17, 15) is 18.1 Å². The van der Waals surface area contributed by atoms with E-state index in [0.717, 1.165) is 19.3 Å². The molecule has 0 radical (unpaired) electrons. The molecule has 0 aromatic rings. The summed E-state index contributed by atoms with van der Waals surface area (Å²) in [5.74, 6) is -0.359. The van der Waals surface area contributed by atoms with E-state index in [1.54, 1.807) is 0 Å². The van der Waals surface area contributed by atoms with Crippen molar-refractivity contribution in [1.82, 2.24) is 0 Å². The van der Waals surface area contributed by atoms with Crippen LogP contribution in [-0.2, 0) is 10.1 Å². The van der Waals surface area contributed by atoms with Crippen molar-refractivity contribution in [3.05, 3.63) is 0 Å². The Balaban J connectivity index is 0. The van der Waals surface area contributed by atoms with Gasteiger partial charge in [0.1, 0.15) is 0 Å². The van der Waals surface area contributed by atoms with Crippen molar-refractivity contribution in [3.63, 3.8) is 0 Å². The number of hydrogen-bond donors (Lipinski definition) is 1. The van der Waals surface area contributed by atoms with E-state index in [2.05, 4.69) is 6.92 Å². The van der Waals surface area contributed by atoms with E-state index in [4.69, 9.17) is 0 Å². The van der Waals surface area contributed by atoms with Gasteiger partial charge in [-0.25, -0.2) is 8.42 Å². The van der Waals surface area contributed by atoms with Crippen LogP contribution < -0.4 is 51.4 Å². The number of rotatable bonds is 14. The van der Waals surface area contributed by atoms with Crippen molar-refractivity contribution in [2.45, 2.75) is 90.1 Å². The van der Waals surface area contributed by atoms with Crippen LogP contribution in [0.1, 0.15) is 84.0 Å². The molecule has 1 N–H and O–H groups in total. The third kappa shape index (κ3) is 21.5. The van der Waals surface area contributed by atoms with Crippen LogP contribution in [0.15, 0.2) is 0 Å². The van der Waals surface area contributed by atoms with Gasteiger partial charge in [0, 0.05) is 5.75 Å². The molecule has 4 nitrogen and oxygen atoms in total. The molecule has 0 aliphatic rings. The molecule has 0 aromatic heterocycles. The molecular weight excluding hydrogens is 315 g/mol. The standard InChI is InChI=1S/C15H32O4S.K/c1-2-3-4-5-6-7-8-9-10-12-15(16)13-11-14-20(17,18)19;/h15-16H,2-14H2,1H3,(H,17,18,19);/q;+1/p-1. The average Bonchev–Trinajstić information content (AvgIpc) is 2.35. The van der Waals surface area contributed by atoms with Gasteiger partial charge in [-0.2, -0.15) is 0 Å². The van der Waals surface area contributed by atoms with Crippen molar-refractivity contribution < 1.29 is 69.5 Å². The Morgan fingerprint density at radius 3 is 1.76 bits per heavy atom. The summed E-state index contributed by atoms with van der Waals surface area (Å²) in [6.07, 6.45) is 12.2. The first-order valence-corrected chi connectivity index (χ1v) is 9.65. The fourth-order valence-corrected chi connectivity index (χ4v) is 2.85. The maximum absolute atomic E-state index is 10.4. The van der Waals surface area contributed by atoms with Crippen molar-refractivity contribution in [2.75, 3.05) is 5.75 Å². The van der Waals surface area contributed by atoms with Crippen LogP contribution in [0.3, 0.4) is 0 Å². The van der Waals surface area contributed by atoms with Crippen molar-refractivity contribution in [2.24, 2.45) is 0 Å². The Bertz CT molecular complexity index is 307. The minimum Gasteiger partial charge on any atom is -0.748 e. The Morgan fingerprint density at radius 1 is 0.857 bits per heavy atom. The van der Waals surface area contributed by atoms with Crippen LogP contribution in [0.4, 0.5) is 0 Å². The smallest absolute Gasteiger partial charge is 0.748 e. The van der Waals surface area contributed by atoms with E-state index in [0.29, 0.717) is 6.42 Å². The molecule has 0 saturated heterocycles. The van der Waals surface area contributed by atoms with Crippen LogP contribution in [0.25, 0.3) is 0 Å². The zero-order valence-electron chi connectivity index (χ0n) is 13.8. The molecule has 1 atom stereocenters. The first-order valence-electron chi connectivity index (χ1n) is 8.07. The van der Waals surface area contributed by atoms with Gasteiger partial charge < -0.3 is 9.66 Å². The topological polar surface area (TPSA) is 77.4 Å². The second kappa shape index (κ2) is 16.4. The van der Waals surface area contributed by atoms with E-state index in [-0.39, 0.29) is 63.6 Å². The van der Waals surface area contributed by atoms with E-state index in [1.807, 2.05) is 0 Å². The molecule has 0 aromatic carbocycles. The Kier molecular flexibility index (Phi) is 19.3. The zero-order chi connectivity index (χ0) is 15.3. The molecule has 0 aliphatic carbocycles. The van der Waals surface area contributed by atoms with E-state index < -0.39 is 16.2 Å². The van der Waals surface area contributed by atoms with Crippen LogP contribution in [0, 0.1) is 0 Å². The summed E-state index contributed by atoms with van der Waals surface area (Å²) in [6.45, 7) is 2.22. The molecule has 0 spiro atoms. The van der Waals surface area contributed by atoms with Crippen LogP contribution in [0.2, 0.25) is 0 Å². The first kappa shape index (κ1) is 24.8. The van der Waals surface area contributed by atoms with Crippen LogP contribution in [-0.4, -0.2) is 29.9 Å². The maximum atomic E-state index is 10.4. The summed E-state index contributed by atoms with van der Waals surface area (Å²) >= 11 is 0. The van der Waals surface area contributed by atoms with Crippen LogP contribution >= 0.6 is 0 Å².